The first kappa shape index (κ1) is 12.9. The summed E-state index contributed by atoms with van der Waals surface area (Å²) in [5.41, 5.74) is 2.93. The third kappa shape index (κ3) is 2.20. The Labute approximate surface area is 117 Å². The Morgan fingerprint density at radius 2 is 1.95 bits per heavy atom. The SMILES string of the molecule is Cc1ccc(-n2nc(C)cc2N2CC(O)CC2=O)cc1. The third-order valence-electron chi connectivity index (χ3n) is 3.47. The molecule has 1 N–H and O–H groups in total. The first-order chi connectivity index (χ1) is 9.54. The number of β-amino-alcohol motifs (C(OH)–C–C–N with tert-alkyl or cyclic N) is 1. The Bertz CT molecular complexity index is 646. The van der Waals surface area contributed by atoms with Crippen LogP contribution in [0.25, 0.3) is 5.69 Å². The summed E-state index contributed by atoms with van der Waals surface area (Å²) in [6.07, 6.45) is -0.415. The van der Waals surface area contributed by atoms with Crippen LogP contribution in [0.4, 0.5) is 5.82 Å². The average molecular weight is 271 g/mol. The van der Waals surface area contributed by atoms with Gasteiger partial charge in [0.15, 0.2) is 0 Å². The molecule has 0 saturated carbocycles. The van der Waals surface area contributed by atoms with E-state index in [4.69, 9.17) is 0 Å². The monoisotopic (exact) mass is 271 g/mol. The second-order valence-electron chi connectivity index (χ2n) is 5.25. The van der Waals surface area contributed by atoms with E-state index in [2.05, 4.69) is 5.10 Å². The normalized spacial score (nSPS) is 18.9. The zero-order valence-electron chi connectivity index (χ0n) is 11.6. The molecule has 1 aliphatic rings. The van der Waals surface area contributed by atoms with Crippen molar-refractivity contribution in [3.63, 3.8) is 0 Å². The number of rotatable bonds is 2. The molecule has 20 heavy (non-hydrogen) atoms. The number of carbonyl (C=O) groups is 1. The molecule has 1 aliphatic heterocycles. The highest BCUT2D eigenvalue weighted by Crippen LogP contribution is 2.25. The summed E-state index contributed by atoms with van der Waals surface area (Å²) < 4.78 is 1.75. The molecule has 0 aliphatic carbocycles. The quantitative estimate of drug-likeness (QED) is 0.902. The van der Waals surface area contributed by atoms with Gasteiger partial charge >= 0.3 is 0 Å². The summed E-state index contributed by atoms with van der Waals surface area (Å²) in [5, 5.41) is 14.1. The van der Waals surface area contributed by atoms with Crippen molar-refractivity contribution in [3.8, 4) is 5.69 Å². The first-order valence-electron chi connectivity index (χ1n) is 6.67. The number of aliphatic hydroxyl groups is 1. The summed E-state index contributed by atoms with van der Waals surface area (Å²) in [7, 11) is 0. The van der Waals surface area contributed by atoms with Crippen molar-refractivity contribution in [2.75, 3.05) is 11.4 Å². The molecule has 2 aromatic rings. The minimum absolute atomic E-state index is 0.0641. The van der Waals surface area contributed by atoms with Crippen LogP contribution in [0.2, 0.25) is 0 Å². The molecule has 104 valence electrons. The van der Waals surface area contributed by atoms with Crippen molar-refractivity contribution in [2.45, 2.75) is 26.4 Å². The van der Waals surface area contributed by atoms with Gasteiger partial charge in [-0.2, -0.15) is 5.10 Å². The van der Waals surface area contributed by atoms with Gasteiger partial charge in [-0.1, -0.05) is 17.7 Å². The van der Waals surface area contributed by atoms with E-state index < -0.39 is 6.10 Å². The van der Waals surface area contributed by atoms with Crippen LogP contribution in [0.1, 0.15) is 17.7 Å². The molecule has 0 bridgehead atoms. The van der Waals surface area contributed by atoms with E-state index in [1.54, 1.807) is 9.58 Å². The summed E-state index contributed by atoms with van der Waals surface area (Å²) in [6.45, 7) is 4.25. The van der Waals surface area contributed by atoms with Crippen LogP contribution in [0, 0.1) is 13.8 Å². The maximum atomic E-state index is 12.0. The second-order valence-corrected chi connectivity index (χ2v) is 5.25. The molecule has 2 heterocycles. The lowest BCUT2D eigenvalue weighted by molar-refractivity contribution is -0.117. The van der Waals surface area contributed by atoms with Gasteiger partial charge in [0.1, 0.15) is 5.82 Å². The number of carbonyl (C=O) groups excluding carboxylic acids is 1. The summed E-state index contributed by atoms with van der Waals surface area (Å²) in [6, 6.07) is 9.84. The number of benzene rings is 1. The van der Waals surface area contributed by atoms with Gasteiger partial charge in [-0.05, 0) is 26.0 Å². The molecular formula is C15H17N3O2. The van der Waals surface area contributed by atoms with Crippen LogP contribution in [0.15, 0.2) is 30.3 Å². The number of aliphatic hydroxyl groups excluding tert-OH is 1. The zero-order valence-corrected chi connectivity index (χ0v) is 11.6. The van der Waals surface area contributed by atoms with Crippen molar-refractivity contribution in [3.05, 3.63) is 41.6 Å². The fourth-order valence-electron chi connectivity index (χ4n) is 2.46. The number of hydrogen-bond donors (Lipinski definition) is 1. The smallest absolute Gasteiger partial charge is 0.230 e. The molecule has 0 spiro atoms. The number of amides is 1. The minimum Gasteiger partial charge on any atom is -0.391 e. The van der Waals surface area contributed by atoms with Gasteiger partial charge in [0.2, 0.25) is 5.91 Å². The predicted molar refractivity (Wildman–Crippen MR) is 76.0 cm³/mol. The summed E-state index contributed by atoms with van der Waals surface area (Å²) in [4.78, 5) is 13.6. The largest absolute Gasteiger partial charge is 0.391 e. The molecule has 1 fully saturated rings. The highest BCUT2D eigenvalue weighted by atomic mass is 16.3. The third-order valence-corrected chi connectivity index (χ3v) is 3.47. The van der Waals surface area contributed by atoms with E-state index in [1.807, 2.05) is 44.2 Å². The Kier molecular flexibility index (Phi) is 3.06. The van der Waals surface area contributed by atoms with Gasteiger partial charge in [0.25, 0.3) is 0 Å². The number of aromatic nitrogens is 2. The molecule has 1 saturated heterocycles. The van der Waals surface area contributed by atoms with Crippen LogP contribution in [0.5, 0.6) is 0 Å². The Morgan fingerprint density at radius 1 is 1.25 bits per heavy atom. The molecule has 0 radical (unpaired) electrons. The van der Waals surface area contributed by atoms with Crippen molar-refractivity contribution >= 4 is 11.7 Å². The summed E-state index contributed by atoms with van der Waals surface area (Å²) in [5.74, 6) is 0.652. The molecule has 1 atom stereocenters. The van der Waals surface area contributed by atoms with Gasteiger partial charge < -0.3 is 5.11 Å². The van der Waals surface area contributed by atoms with Gasteiger partial charge in [-0.15, -0.1) is 0 Å². The van der Waals surface area contributed by atoms with E-state index in [0.29, 0.717) is 12.4 Å². The van der Waals surface area contributed by atoms with Crippen LogP contribution in [0.3, 0.4) is 0 Å². The molecule has 3 rings (SSSR count). The maximum Gasteiger partial charge on any atom is 0.230 e. The number of aryl methyl sites for hydroxylation is 2. The molecule has 1 aromatic heterocycles. The molecule has 5 nitrogen and oxygen atoms in total. The molecule has 1 unspecified atom stereocenters. The number of hydrogen-bond acceptors (Lipinski definition) is 3. The maximum absolute atomic E-state index is 12.0. The topological polar surface area (TPSA) is 58.4 Å². The van der Waals surface area contributed by atoms with Crippen molar-refractivity contribution in [1.82, 2.24) is 9.78 Å². The van der Waals surface area contributed by atoms with Crippen molar-refractivity contribution in [2.24, 2.45) is 0 Å². The van der Waals surface area contributed by atoms with Crippen LogP contribution >= 0.6 is 0 Å². The van der Waals surface area contributed by atoms with E-state index >= 15 is 0 Å². The van der Waals surface area contributed by atoms with Gasteiger partial charge in [-0.25, -0.2) is 4.68 Å². The molecule has 1 amide bonds. The van der Waals surface area contributed by atoms with Crippen LogP contribution < -0.4 is 4.90 Å². The van der Waals surface area contributed by atoms with E-state index in [-0.39, 0.29) is 12.3 Å². The lowest BCUT2D eigenvalue weighted by Gasteiger charge is -2.17. The molecular weight excluding hydrogens is 254 g/mol. The molecule has 5 heteroatoms. The summed E-state index contributed by atoms with van der Waals surface area (Å²) >= 11 is 0. The first-order valence-corrected chi connectivity index (χ1v) is 6.67. The van der Waals surface area contributed by atoms with Crippen LogP contribution in [-0.4, -0.2) is 33.4 Å². The average Bonchev–Trinajstić information content (AvgIpc) is 2.93. The Morgan fingerprint density at radius 3 is 2.55 bits per heavy atom. The molecule has 1 aromatic carbocycles. The fraction of sp³-hybridized carbons (Fsp3) is 0.333. The zero-order chi connectivity index (χ0) is 14.3. The Hall–Kier alpha value is -2.14. The number of nitrogens with zero attached hydrogens (tertiary/aromatic N) is 3. The standard InChI is InChI=1S/C15H17N3O2/c1-10-3-5-12(6-4-10)18-14(7-11(2)16-18)17-9-13(19)8-15(17)20/h3-7,13,19H,8-9H2,1-2H3. The lowest BCUT2D eigenvalue weighted by Crippen LogP contribution is -2.27. The van der Waals surface area contributed by atoms with Crippen LogP contribution in [-0.2, 0) is 4.79 Å². The predicted octanol–water partition coefficient (Wildman–Crippen LogP) is 1.59. The van der Waals surface area contributed by atoms with Crippen molar-refractivity contribution in [1.29, 1.82) is 0 Å². The minimum atomic E-state index is -0.593. The highest BCUT2D eigenvalue weighted by molar-refractivity contribution is 5.95. The van der Waals surface area contributed by atoms with Gasteiger partial charge in [-0.3, -0.25) is 9.69 Å². The Balaban J connectivity index is 2.04. The lowest BCUT2D eigenvalue weighted by atomic mass is 10.2. The highest BCUT2D eigenvalue weighted by Gasteiger charge is 2.31. The second kappa shape index (κ2) is 4.76. The van der Waals surface area contributed by atoms with Crippen molar-refractivity contribution < 1.29 is 9.90 Å². The van der Waals surface area contributed by atoms with E-state index in [9.17, 15) is 9.90 Å². The van der Waals surface area contributed by atoms with Gasteiger partial charge in [0.05, 0.1) is 30.5 Å². The van der Waals surface area contributed by atoms with E-state index in [0.717, 1.165) is 11.4 Å². The fourth-order valence-corrected chi connectivity index (χ4v) is 2.46. The number of anilines is 1. The van der Waals surface area contributed by atoms with Gasteiger partial charge in [0, 0.05) is 6.07 Å². The van der Waals surface area contributed by atoms with E-state index in [1.165, 1.54) is 5.56 Å².